The Labute approximate surface area is 92.8 Å². The zero-order valence-electron chi connectivity index (χ0n) is 9.06. The van der Waals surface area contributed by atoms with Crippen molar-refractivity contribution in [2.45, 2.75) is 0 Å². The molecule has 0 atom stereocenters. The highest BCUT2D eigenvalue weighted by Gasteiger charge is 2.14. The summed E-state index contributed by atoms with van der Waals surface area (Å²) in [6.07, 6.45) is 1.45. The quantitative estimate of drug-likeness (QED) is 0.855. The predicted octanol–water partition coefficient (Wildman–Crippen LogP) is 1.94. The van der Waals surface area contributed by atoms with Crippen LogP contribution in [0.1, 0.15) is 0 Å². The van der Waals surface area contributed by atoms with Crippen molar-refractivity contribution in [3.63, 3.8) is 0 Å². The van der Waals surface area contributed by atoms with Crippen molar-refractivity contribution in [2.75, 3.05) is 20.0 Å². The lowest BCUT2D eigenvalue weighted by atomic mass is 10.1. The molecule has 0 aliphatic carbocycles. The summed E-state index contributed by atoms with van der Waals surface area (Å²) >= 11 is 0. The molecule has 0 fully saturated rings. The van der Waals surface area contributed by atoms with Crippen LogP contribution < -0.4 is 15.2 Å². The summed E-state index contributed by atoms with van der Waals surface area (Å²) in [5.74, 6) is 1.84. The molecule has 5 nitrogen and oxygen atoms in total. The van der Waals surface area contributed by atoms with Crippen LogP contribution in [0.4, 0.5) is 5.69 Å². The number of nitrogens with zero attached hydrogens (tertiary/aromatic N) is 1. The zero-order chi connectivity index (χ0) is 11.5. The van der Waals surface area contributed by atoms with Crippen LogP contribution in [0.25, 0.3) is 11.3 Å². The minimum absolute atomic E-state index is 0.464. The molecular weight excluding hydrogens is 208 g/mol. The van der Waals surface area contributed by atoms with E-state index in [0.717, 1.165) is 5.56 Å². The maximum atomic E-state index is 5.74. The minimum atomic E-state index is 0.464. The van der Waals surface area contributed by atoms with Crippen LogP contribution in [-0.4, -0.2) is 19.4 Å². The Bertz CT molecular complexity index is 494. The molecule has 1 aromatic carbocycles. The molecule has 5 heteroatoms. The molecule has 0 radical (unpaired) electrons. The molecule has 84 valence electrons. The molecule has 0 aliphatic heterocycles. The third-order valence-electron chi connectivity index (χ3n) is 2.25. The van der Waals surface area contributed by atoms with E-state index in [4.69, 9.17) is 19.7 Å². The van der Waals surface area contributed by atoms with Crippen LogP contribution in [0, 0.1) is 0 Å². The second-order valence-corrected chi connectivity index (χ2v) is 3.18. The maximum absolute atomic E-state index is 5.74. The monoisotopic (exact) mass is 220 g/mol. The molecule has 0 aliphatic rings. The number of methoxy groups -OCH3 is 2. The number of anilines is 1. The topological polar surface area (TPSA) is 70.5 Å². The normalized spacial score (nSPS) is 10.1. The average Bonchev–Trinajstić information content (AvgIpc) is 2.74. The van der Waals surface area contributed by atoms with E-state index < -0.39 is 0 Å². The maximum Gasteiger partial charge on any atom is 0.193 e. The molecule has 16 heavy (non-hydrogen) atoms. The molecular formula is C11H12N2O3. The van der Waals surface area contributed by atoms with E-state index in [1.165, 1.54) is 6.20 Å². The lowest BCUT2D eigenvalue weighted by Gasteiger charge is -2.08. The highest BCUT2D eigenvalue weighted by Crippen LogP contribution is 2.36. The van der Waals surface area contributed by atoms with Gasteiger partial charge in [-0.25, -0.2) is 0 Å². The number of rotatable bonds is 3. The molecule has 1 aromatic heterocycles. The van der Waals surface area contributed by atoms with Gasteiger partial charge in [-0.05, 0) is 18.2 Å². The van der Waals surface area contributed by atoms with Crippen molar-refractivity contribution in [2.24, 2.45) is 0 Å². The number of ether oxygens (including phenoxy) is 2. The van der Waals surface area contributed by atoms with E-state index in [2.05, 4.69) is 5.16 Å². The SMILES string of the molecule is COc1ccc(OC)c(-c2oncc2N)c1. The first kappa shape index (κ1) is 10.4. The molecule has 2 N–H and O–H groups in total. The number of benzene rings is 1. The predicted molar refractivity (Wildman–Crippen MR) is 59.5 cm³/mol. The van der Waals surface area contributed by atoms with Gasteiger partial charge in [-0.2, -0.15) is 0 Å². The van der Waals surface area contributed by atoms with E-state index in [1.807, 2.05) is 0 Å². The summed E-state index contributed by atoms with van der Waals surface area (Å²) in [6, 6.07) is 5.38. The number of hydrogen-bond acceptors (Lipinski definition) is 5. The van der Waals surface area contributed by atoms with Crippen LogP contribution in [-0.2, 0) is 0 Å². The molecule has 0 spiro atoms. The Hall–Kier alpha value is -2.17. The molecule has 2 rings (SSSR count). The van der Waals surface area contributed by atoms with Gasteiger partial charge >= 0.3 is 0 Å². The second kappa shape index (κ2) is 4.14. The number of nitrogens with two attached hydrogens (primary N) is 1. The number of aromatic nitrogens is 1. The average molecular weight is 220 g/mol. The van der Waals surface area contributed by atoms with Crippen molar-refractivity contribution in [3.8, 4) is 22.8 Å². The fourth-order valence-corrected chi connectivity index (χ4v) is 1.44. The third kappa shape index (κ3) is 1.67. The largest absolute Gasteiger partial charge is 0.497 e. The van der Waals surface area contributed by atoms with Crippen molar-refractivity contribution in [1.82, 2.24) is 5.16 Å². The van der Waals surface area contributed by atoms with Crippen molar-refractivity contribution in [1.29, 1.82) is 0 Å². The molecule has 2 aromatic rings. The first-order chi connectivity index (χ1) is 7.76. The van der Waals surface area contributed by atoms with Crippen molar-refractivity contribution >= 4 is 5.69 Å². The molecule has 0 amide bonds. The zero-order valence-corrected chi connectivity index (χ0v) is 9.06. The van der Waals surface area contributed by atoms with Crippen LogP contribution in [0.2, 0.25) is 0 Å². The fourth-order valence-electron chi connectivity index (χ4n) is 1.44. The Balaban J connectivity index is 2.57. The van der Waals surface area contributed by atoms with E-state index >= 15 is 0 Å². The standard InChI is InChI=1S/C11H12N2O3/c1-14-7-3-4-10(15-2)8(5-7)11-9(12)6-13-16-11/h3-6H,12H2,1-2H3. The lowest BCUT2D eigenvalue weighted by molar-refractivity contribution is 0.398. The Kier molecular flexibility index (Phi) is 2.68. The Morgan fingerprint density at radius 2 is 2.06 bits per heavy atom. The first-order valence-electron chi connectivity index (χ1n) is 4.69. The van der Waals surface area contributed by atoms with Gasteiger partial charge in [0.2, 0.25) is 0 Å². The molecule has 0 saturated heterocycles. The first-order valence-corrected chi connectivity index (χ1v) is 4.69. The third-order valence-corrected chi connectivity index (χ3v) is 2.25. The Morgan fingerprint density at radius 3 is 2.62 bits per heavy atom. The van der Waals surface area contributed by atoms with Gasteiger partial charge < -0.3 is 19.7 Å². The van der Waals surface area contributed by atoms with Gasteiger partial charge in [0.1, 0.15) is 17.2 Å². The summed E-state index contributed by atoms with van der Waals surface area (Å²) < 4.78 is 15.4. The van der Waals surface area contributed by atoms with Gasteiger partial charge in [-0.1, -0.05) is 5.16 Å². The van der Waals surface area contributed by atoms with Gasteiger partial charge in [0, 0.05) is 0 Å². The smallest absolute Gasteiger partial charge is 0.193 e. The van der Waals surface area contributed by atoms with Gasteiger partial charge in [0.25, 0.3) is 0 Å². The molecule has 0 bridgehead atoms. The highest BCUT2D eigenvalue weighted by atomic mass is 16.5. The molecule has 0 saturated carbocycles. The van der Waals surface area contributed by atoms with Crippen LogP contribution in [0.5, 0.6) is 11.5 Å². The van der Waals surface area contributed by atoms with E-state index in [0.29, 0.717) is 22.9 Å². The summed E-state index contributed by atoms with van der Waals surface area (Å²) in [7, 11) is 3.17. The van der Waals surface area contributed by atoms with Gasteiger partial charge in [0.05, 0.1) is 26.0 Å². The molecule has 0 unspecified atom stereocenters. The van der Waals surface area contributed by atoms with Gasteiger partial charge in [-0.3, -0.25) is 0 Å². The lowest BCUT2D eigenvalue weighted by Crippen LogP contribution is -1.91. The minimum Gasteiger partial charge on any atom is -0.497 e. The summed E-state index contributed by atoms with van der Waals surface area (Å²) in [5.41, 5.74) is 6.92. The number of nitrogen functional groups attached to an aromatic ring is 1. The van der Waals surface area contributed by atoms with E-state index in [1.54, 1.807) is 32.4 Å². The second-order valence-electron chi connectivity index (χ2n) is 3.18. The van der Waals surface area contributed by atoms with Crippen LogP contribution in [0.3, 0.4) is 0 Å². The summed E-state index contributed by atoms with van der Waals surface area (Å²) in [6.45, 7) is 0. The van der Waals surface area contributed by atoms with E-state index in [9.17, 15) is 0 Å². The van der Waals surface area contributed by atoms with Crippen molar-refractivity contribution < 1.29 is 14.0 Å². The van der Waals surface area contributed by atoms with E-state index in [-0.39, 0.29) is 0 Å². The van der Waals surface area contributed by atoms with Gasteiger partial charge in [0.15, 0.2) is 5.76 Å². The Morgan fingerprint density at radius 1 is 1.25 bits per heavy atom. The number of hydrogen-bond donors (Lipinski definition) is 1. The van der Waals surface area contributed by atoms with Gasteiger partial charge in [-0.15, -0.1) is 0 Å². The van der Waals surface area contributed by atoms with Crippen molar-refractivity contribution in [3.05, 3.63) is 24.4 Å². The van der Waals surface area contributed by atoms with Crippen LogP contribution >= 0.6 is 0 Å². The van der Waals surface area contributed by atoms with Crippen LogP contribution in [0.15, 0.2) is 28.9 Å². The molecule has 1 heterocycles. The highest BCUT2D eigenvalue weighted by molar-refractivity contribution is 5.76. The summed E-state index contributed by atoms with van der Waals surface area (Å²) in [4.78, 5) is 0. The summed E-state index contributed by atoms with van der Waals surface area (Å²) in [5, 5.41) is 3.63. The fraction of sp³-hybridized carbons (Fsp3) is 0.182.